The third-order valence-corrected chi connectivity index (χ3v) is 3.27. The summed E-state index contributed by atoms with van der Waals surface area (Å²) >= 11 is 6.22. The molecule has 0 aromatic carbocycles. The Morgan fingerprint density at radius 2 is 1.95 bits per heavy atom. The van der Waals surface area contributed by atoms with E-state index in [1.165, 1.54) is 0 Å². The standard InChI is InChI=1S/C14H21ClN4/c1-6-19(9-7-8-16)12-10(2)11(15)17-13(18-12)14(3,4)5/h6-7,9H2,1-5H3. The maximum Gasteiger partial charge on any atom is 0.137 e. The molecule has 0 saturated heterocycles. The minimum Gasteiger partial charge on any atom is -0.355 e. The molecule has 0 unspecified atom stereocenters. The van der Waals surface area contributed by atoms with Crippen molar-refractivity contribution in [3.05, 3.63) is 16.5 Å². The fourth-order valence-corrected chi connectivity index (χ4v) is 1.88. The number of halogens is 1. The number of nitriles is 1. The number of anilines is 1. The van der Waals surface area contributed by atoms with Gasteiger partial charge in [-0.3, -0.25) is 0 Å². The molecular weight excluding hydrogens is 260 g/mol. The molecule has 1 aromatic rings. The average Bonchev–Trinajstić information content (AvgIpc) is 2.33. The van der Waals surface area contributed by atoms with Crippen LogP contribution in [0.2, 0.25) is 5.15 Å². The molecule has 19 heavy (non-hydrogen) atoms. The summed E-state index contributed by atoms with van der Waals surface area (Å²) in [6, 6.07) is 2.16. The molecule has 0 fully saturated rings. The molecule has 0 bridgehead atoms. The molecule has 4 nitrogen and oxygen atoms in total. The van der Waals surface area contributed by atoms with E-state index in [0.717, 1.165) is 23.8 Å². The van der Waals surface area contributed by atoms with Gasteiger partial charge in [-0.25, -0.2) is 9.97 Å². The Balaban J connectivity index is 3.25. The lowest BCUT2D eigenvalue weighted by Crippen LogP contribution is -2.28. The lowest BCUT2D eigenvalue weighted by atomic mass is 9.95. The van der Waals surface area contributed by atoms with Gasteiger partial charge in [0.15, 0.2) is 0 Å². The monoisotopic (exact) mass is 280 g/mol. The van der Waals surface area contributed by atoms with Crippen LogP contribution in [0, 0.1) is 18.3 Å². The van der Waals surface area contributed by atoms with E-state index in [1.807, 2.05) is 13.8 Å². The lowest BCUT2D eigenvalue weighted by molar-refractivity contribution is 0.543. The third kappa shape index (κ3) is 3.81. The fourth-order valence-electron chi connectivity index (χ4n) is 1.72. The van der Waals surface area contributed by atoms with Gasteiger partial charge in [-0.05, 0) is 13.8 Å². The van der Waals surface area contributed by atoms with Gasteiger partial charge in [0.1, 0.15) is 16.8 Å². The highest BCUT2D eigenvalue weighted by molar-refractivity contribution is 6.30. The largest absolute Gasteiger partial charge is 0.355 e. The molecule has 0 aliphatic carbocycles. The highest BCUT2D eigenvalue weighted by atomic mass is 35.5. The van der Waals surface area contributed by atoms with Crippen LogP contribution in [0.15, 0.2) is 0 Å². The van der Waals surface area contributed by atoms with Crippen LogP contribution < -0.4 is 4.90 Å². The van der Waals surface area contributed by atoms with Gasteiger partial charge in [0.05, 0.1) is 12.5 Å². The highest BCUT2D eigenvalue weighted by Crippen LogP contribution is 2.28. The summed E-state index contributed by atoms with van der Waals surface area (Å²) in [5.41, 5.74) is 0.718. The maximum absolute atomic E-state index is 8.73. The molecule has 0 N–H and O–H groups in total. The molecule has 0 atom stereocenters. The minimum atomic E-state index is -0.152. The number of nitrogens with zero attached hydrogens (tertiary/aromatic N) is 4. The fraction of sp³-hybridized carbons (Fsp3) is 0.643. The first-order valence-electron chi connectivity index (χ1n) is 6.47. The van der Waals surface area contributed by atoms with Gasteiger partial charge < -0.3 is 4.90 Å². The van der Waals surface area contributed by atoms with Crippen LogP contribution in [0.5, 0.6) is 0 Å². The summed E-state index contributed by atoms with van der Waals surface area (Å²) in [7, 11) is 0. The Morgan fingerprint density at radius 3 is 2.42 bits per heavy atom. The molecular formula is C14H21ClN4. The van der Waals surface area contributed by atoms with Crippen molar-refractivity contribution in [1.29, 1.82) is 5.26 Å². The van der Waals surface area contributed by atoms with Crippen LogP contribution in [0.3, 0.4) is 0 Å². The number of hydrogen-bond acceptors (Lipinski definition) is 4. The van der Waals surface area contributed by atoms with Crippen LogP contribution in [-0.4, -0.2) is 23.1 Å². The summed E-state index contributed by atoms with van der Waals surface area (Å²) in [5, 5.41) is 9.22. The summed E-state index contributed by atoms with van der Waals surface area (Å²) in [6.07, 6.45) is 0.472. The van der Waals surface area contributed by atoms with Crippen molar-refractivity contribution in [3.63, 3.8) is 0 Å². The van der Waals surface area contributed by atoms with E-state index in [2.05, 4.69) is 41.7 Å². The van der Waals surface area contributed by atoms with Gasteiger partial charge in [-0.15, -0.1) is 0 Å². The zero-order valence-electron chi connectivity index (χ0n) is 12.3. The quantitative estimate of drug-likeness (QED) is 0.793. The Labute approximate surface area is 120 Å². The van der Waals surface area contributed by atoms with Crippen molar-refractivity contribution in [2.24, 2.45) is 0 Å². The van der Waals surface area contributed by atoms with Gasteiger partial charge in [-0.2, -0.15) is 5.26 Å². The second-order valence-electron chi connectivity index (χ2n) is 5.52. The average molecular weight is 281 g/mol. The lowest BCUT2D eigenvalue weighted by Gasteiger charge is -2.26. The molecule has 5 heteroatoms. The predicted molar refractivity (Wildman–Crippen MR) is 78.6 cm³/mol. The van der Waals surface area contributed by atoms with Crippen molar-refractivity contribution < 1.29 is 0 Å². The van der Waals surface area contributed by atoms with Gasteiger partial charge in [-0.1, -0.05) is 32.4 Å². The Hall–Kier alpha value is -1.34. The van der Waals surface area contributed by atoms with Crippen molar-refractivity contribution in [3.8, 4) is 6.07 Å². The maximum atomic E-state index is 8.73. The SMILES string of the molecule is CCN(CCC#N)c1nc(C(C)(C)C)nc(Cl)c1C. The summed E-state index contributed by atoms with van der Waals surface area (Å²) in [4.78, 5) is 11.1. The molecule has 1 aromatic heterocycles. The van der Waals surface area contributed by atoms with Gasteiger partial charge >= 0.3 is 0 Å². The van der Waals surface area contributed by atoms with Crippen LogP contribution >= 0.6 is 11.6 Å². The van der Waals surface area contributed by atoms with Crippen molar-refractivity contribution in [2.75, 3.05) is 18.0 Å². The van der Waals surface area contributed by atoms with Gasteiger partial charge in [0, 0.05) is 24.1 Å². The molecule has 0 amide bonds. The third-order valence-electron chi connectivity index (χ3n) is 2.91. The zero-order chi connectivity index (χ0) is 14.6. The summed E-state index contributed by atoms with van der Waals surface area (Å²) in [5.74, 6) is 1.57. The van der Waals surface area contributed by atoms with E-state index in [0.29, 0.717) is 18.1 Å². The Bertz CT molecular complexity index is 485. The first-order valence-corrected chi connectivity index (χ1v) is 6.85. The van der Waals surface area contributed by atoms with Crippen LogP contribution in [0.25, 0.3) is 0 Å². The van der Waals surface area contributed by atoms with Gasteiger partial charge in [0.2, 0.25) is 0 Å². The molecule has 1 rings (SSSR count). The van der Waals surface area contributed by atoms with E-state index in [-0.39, 0.29) is 5.41 Å². The minimum absolute atomic E-state index is 0.152. The van der Waals surface area contributed by atoms with E-state index >= 15 is 0 Å². The van der Waals surface area contributed by atoms with Crippen LogP contribution in [0.1, 0.15) is 45.5 Å². The van der Waals surface area contributed by atoms with E-state index in [1.54, 1.807) is 0 Å². The summed E-state index contributed by atoms with van der Waals surface area (Å²) in [6.45, 7) is 11.6. The van der Waals surface area contributed by atoms with Crippen molar-refractivity contribution in [1.82, 2.24) is 9.97 Å². The number of hydrogen-bond donors (Lipinski definition) is 0. The smallest absolute Gasteiger partial charge is 0.137 e. The predicted octanol–water partition coefficient (Wildman–Crippen LogP) is 3.48. The summed E-state index contributed by atoms with van der Waals surface area (Å²) < 4.78 is 0. The topological polar surface area (TPSA) is 52.8 Å². The number of rotatable bonds is 4. The van der Waals surface area contributed by atoms with Crippen LogP contribution in [-0.2, 0) is 5.41 Å². The van der Waals surface area contributed by atoms with Gasteiger partial charge in [0.25, 0.3) is 0 Å². The molecule has 1 heterocycles. The van der Waals surface area contributed by atoms with Crippen molar-refractivity contribution >= 4 is 17.4 Å². The molecule has 0 radical (unpaired) electrons. The zero-order valence-corrected chi connectivity index (χ0v) is 13.0. The molecule has 0 saturated carbocycles. The first-order chi connectivity index (χ1) is 8.81. The van der Waals surface area contributed by atoms with Crippen LogP contribution in [0.4, 0.5) is 5.82 Å². The molecule has 0 aliphatic rings. The van der Waals surface area contributed by atoms with E-state index in [9.17, 15) is 0 Å². The number of aromatic nitrogens is 2. The second-order valence-corrected chi connectivity index (χ2v) is 5.88. The molecule has 0 spiro atoms. The molecule has 104 valence electrons. The Kier molecular flexibility index (Phi) is 5.13. The first kappa shape index (κ1) is 15.7. The molecule has 0 aliphatic heterocycles. The normalized spacial score (nSPS) is 11.2. The van der Waals surface area contributed by atoms with E-state index in [4.69, 9.17) is 16.9 Å². The highest BCUT2D eigenvalue weighted by Gasteiger charge is 2.22. The Morgan fingerprint density at radius 1 is 1.32 bits per heavy atom. The van der Waals surface area contributed by atoms with Crippen molar-refractivity contribution in [2.45, 2.75) is 46.5 Å². The van der Waals surface area contributed by atoms with E-state index < -0.39 is 0 Å². The second kappa shape index (κ2) is 6.21.